The summed E-state index contributed by atoms with van der Waals surface area (Å²) in [6, 6.07) is 8.67. The van der Waals surface area contributed by atoms with Gasteiger partial charge in [0, 0.05) is 10.7 Å². The number of halogens is 2. The molecule has 0 amide bonds. The lowest BCUT2D eigenvalue weighted by atomic mass is 9.98. The van der Waals surface area contributed by atoms with E-state index in [1.54, 1.807) is 12.3 Å². The van der Waals surface area contributed by atoms with E-state index in [-0.39, 0.29) is 11.9 Å². The molecule has 1 unspecified atom stereocenters. The number of aromatic nitrogens is 1. The first kappa shape index (κ1) is 14.2. The Balaban J connectivity index is 2.48. The Kier molecular flexibility index (Phi) is 4.66. The number of hydrogen-bond donors (Lipinski definition) is 1. The summed E-state index contributed by atoms with van der Waals surface area (Å²) in [7, 11) is 0. The van der Waals surface area contributed by atoms with Crippen LogP contribution in [0.1, 0.15) is 29.8 Å². The minimum atomic E-state index is -0.211. The van der Waals surface area contributed by atoms with Crippen molar-refractivity contribution in [3.05, 3.63) is 63.6 Å². The molecule has 0 saturated heterocycles. The van der Waals surface area contributed by atoms with E-state index in [0.29, 0.717) is 0 Å². The standard InChI is InChI=1S/C15H16BrFN2/c1-3-18-14(15-13(16)5-4-8-19-15)12-7-6-11(17)9-10(12)2/h4-9,14,18H,3H2,1-2H3. The van der Waals surface area contributed by atoms with Crippen LogP contribution in [0.3, 0.4) is 0 Å². The van der Waals surface area contributed by atoms with Crippen molar-refractivity contribution in [3.8, 4) is 0 Å². The zero-order valence-electron chi connectivity index (χ0n) is 11.0. The van der Waals surface area contributed by atoms with E-state index in [2.05, 4.69) is 26.2 Å². The maximum atomic E-state index is 13.2. The summed E-state index contributed by atoms with van der Waals surface area (Å²) in [6.07, 6.45) is 1.77. The van der Waals surface area contributed by atoms with Crippen LogP contribution < -0.4 is 5.32 Å². The molecule has 2 aromatic rings. The number of aryl methyl sites for hydroxylation is 1. The summed E-state index contributed by atoms with van der Waals surface area (Å²) >= 11 is 3.53. The molecule has 0 saturated carbocycles. The highest BCUT2D eigenvalue weighted by atomic mass is 79.9. The van der Waals surface area contributed by atoms with Gasteiger partial charge in [0.05, 0.1) is 11.7 Å². The Hall–Kier alpha value is -1.26. The predicted molar refractivity (Wildman–Crippen MR) is 78.6 cm³/mol. The van der Waals surface area contributed by atoms with Gasteiger partial charge in [0.15, 0.2) is 0 Å². The van der Waals surface area contributed by atoms with E-state index in [1.807, 2.05) is 32.0 Å². The van der Waals surface area contributed by atoms with Crippen LogP contribution in [0.5, 0.6) is 0 Å². The Morgan fingerprint density at radius 2 is 2.16 bits per heavy atom. The van der Waals surface area contributed by atoms with E-state index < -0.39 is 0 Å². The average Bonchev–Trinajstić information content (AvgIpc) is 2.38. The van der Waals surface area contributed by atoms with Gasteiger partial charge in [-0.25, -0.2) is 4.39 Å². The molecule has 2 rings (SSSR count). The van der Waals surface area contributed by atoms with Crippen molar-refractivity contribution in [2.24, 2.45) is 0 Å². The molecule has 1 atom stereocenters. The minimum Gasteiger partial charge on any atom is -0.305 e. The van der Waals surface area contributed by atoms with E-state index >= 15 is 0 Å². The van der Waals surface area contributed by atoms with Gasteiger partial charge in [0.1, 0.15) is 5.82 Å². The van der Waals surface area contributed by atoms with Gasteiger partial charge in [-0.2, -0.15) is 0 Å². The molecule has 0 bridgehead atoms. The first-order chi connectivity index (χ1) is 9.13. The van der Waals surface area contributed by atoms with Crippen LogP contribution in [0.15, 0.2) is 41.0 Å². The smallest absolute Gasteiger partial charge is 0.123 e. The number of pyridine rings is 1. The van der Waals surface area contributed by atoms with Crippen LogP contribution in [0, 0.1) is 12.7 Å². The Morgan fingerprint density at radius 1 is 1.37 bits per heavy atom. The highest BCUT2D eigenvalue weighted by molar-refractivity contribution is 9.10. The van der Waals surface area contributed by atoms with E-state index in [4.69, 9.17) is 0 Å². The van der Waals surface area contributed by atoms with Crippen molar-refractivity contribution in [3.63, 3.8) is 0 Å². The third-order valence-corrected chi connectivity index (χ3v) is 3.68. The lowest BCUT2D eigenvalue weighted by molar-refractivity contribution is 0.599. The summed E-state index contributed by atoms with van der Waals surface area (Å²) in [5.41, 5.74) is 2.88. The molecule has 0 radical (unpaired) electrons. The molecule has 19 heavy (non-hydrogen) atoms. The molecule has 1 aromatic carbocycles. The lowest BCUT2D eigenvalue weighted by Gasteiger charge is -2.21. The summed E-state index contributed by atoms with van der Waals surface area (Å²) in [4.78, 5) is 4.43. The maximum Gasteiger partial charge on any atom is 0.123 e. The first-order valence-electron chi connectivity index (χ1n) is 6.23. The zero-order chi connectivity index (χ0) is 13.8. The van der Waals surface area contributed by atoms with Crippen LogP contribution in [0.25, 0.3) is 0 Å². The second kappa shape index (κ2) is 6.26. The fourth-order valence-electron chi connectivity index (χ4n) is 2.13. The fraction of sp³-hybridized carbons (Fsp3) is 0.267. The normalized spacial score (nSPS) is 12.4. The Labute approximate surface area is 121 Å². The molecule has 1 heterocycles. The molecule has 0 aliphatic heterocycles. The van der Waals surface area contributed by atoms with E-state index in [1.165, 1.54) is 6.07 Å². The lowest BCUT2D eigenvalue weighted by Crippen LogP contribution is -2.24. The quantitative estimate of drug-likeness (QED) is 0.920. The van der Waals surface area contributed by atoms with Crippen LogP contribution in [-0.4, -0.2) is 11.5 Å². The van der Waals surface area contributed by atoms with Gasteiger partial charge in [-0.15, -0.1) is 0 Å². The molecule has 0 aliphatic rings. The molecule has 0 spiro atoms. The van der Waals surface area contributed by atoms with Crippen LogP contribution >= 0.6 is 15.9 Å². The molecule has 2 nitrogen and oxygen atoms in total. The van der Waals surface area contributed by atoms with Gasteiger partial charge in [-0.3, -0.25) is 4.98 Å². The van der Waals surface area contributed by atoms with E-state index in [0.717, 1.165) is 27.8 Å². The molecular formula is C15H16BrFN2. The zero-order valence-corrected chi connectivity index (χ0v) is 12.5. The van der Waals surface area contributed by atoms with Crippen LogP contribution in [-0.2, 0) is 0 Å². The molecular weight excluding hydrogens is 307 g/mol. The molecule has 100 valence electrons. The number of benzene rings is 1. The second-order valence-corrected chi connectivity index (χ2v) is 5.22. The van der Waals surface area contributed by atoms with Gasteiger partial charge in [0.2, 0.25) is 0 Å². The van der Waals surface area contributed by atoms with Gasteiger partial charge in [-0.1, -0.05) is 13.0 Å². The highest BCUT2D eigenvalue weighted by Crippen LogP contribution is 2.28. The third-order valence-electron chi connectivity index (χ3n) is 3.01. The molecule has 0 aliphatic carbocycles. The van der Waals surface area contributed by atoms with Gasteiger partial charge < -0.3 is 5.32 Å². The van der Waals surface area contributed by atoms with Crippen molar-refractivity contribution in [1.82, 2.24) is 10.3 Å². The number of rotatable bonds is 4. The first-order valence-corrected chi connectivity index (χ1v) is 7.02. The summed E-state index contributed by atoms with van der Waals surface area (Å²) in [6.45, 7) is 4.77. The fourth-order valence-corrected chi connectivity index (χ4v) is 2.62. The second-order valence-electron chi connectivity index (χ2n) is 4.36. The summed E-state index contributed by atoms with van der Waals surface area (Å²) < 4.78 is 14.2. The monoisotopic (exact) mass is 322 g/mol. The third kappa shape index (κ3) is 3.19. The topological polar surface area (TPSA) is 24.9 Å². The van der Waals surface area contributed by atoms with Crippen molar-refractivity contribution in [2.45, 2.75) is 19.9 Å². The Morgan fingerprint density at radius 3 is 2.79 bits per heavy atom. The Bertz CT molecular complexity index is 572. The molecule has 4 heteroatoms. The number of hydrogen-bond acceptors (Lipinski definition) is 2. The minimum absolute atomic E-state index is 0.0406. The highest BCUT2D eigenvalue weighted by Gasteiger charge is 2.19. The molecule has 1 N–H and O–H groups in total. The van der Waals surface area contributed by atoms with Gasteiger partial charge >= 0.3 is 0 Å². The summed E-state index contributed by atoms with van der Waals surface area (Å²) in [5.74, 6) is -0.211. The number of nitrogens with zero attached hydrogens (tertiary/aromatic N) is 1. The average molecular weight is 323 g/mol. The van der Waals surface area contributed by atoms with E-state index in [9.17, 15) is 4.39 Å². The van der Waals surface area contributed by atoms with Gasteiger partial charge in [-0.05, 0) is 64.8 Å². The van der Waals surface area contributed by atoms with Crippen molar-refractivity contribution in [1.29, 1.82) is 0 Å². The predicted octanol–water partition coefficient (Wildman–Crippen LogP) is 3.99. The molecule has 0 fully saturated rings. The molecule has 1 aromatic heterocycles. The SMILES string of the molecule is CCNC(c1ccc(F)cc1C)c1ncccc1Br. The van der Waals surface area contributed by atoms with Crippen LogP contribution in [0.4, 0.5) is 4.39 Å². The van der Waals surface area contributed by atoms with Gasteiger partial charge in [0.25, 0.3) is 0 Å². The summed E-state index contributed by atoms with van der Waals surface area (Å²) in [5, 5.41) is 3.40. The van der Waals surface area contributed by atoms with Crippen molar-refractivity contribution in [2.75, 3.05) is 6.54 Å². The number of nitrogens with one attached hydrogen (secondary N) is 1. The van der Waals surface area contributed by atoms with Crippen molar-refractivity contribution >= 4 is 15.9 Å². The van der Waals surface area contributed by atoms with Crippen LogP contribution in [0.2, 0.25) is 0 Å². The largest absolute Gasteiger partial charge is 0.305 e. The van der Waals surface area contributed by atoms with Crippen molar-refractivity contribution < 1.29 is 4.39 Å². The maximum absolute atomic E-state index is 13.2.